The summed E-state index contributed by atoms with van der Waals surface area (Å²) in [5, 5.41) is 3.14. The lowest BCUT2D eigenvalue weighted by molar-refractivity contribution is -0.115. The van der Waals surface area contributed by atoms with Crippen LogP contribution >= 0.6 is 23.4 Å². The summed E-state index contributed by atoms with van der Waals surface area (Å²) in [6, 6.07) is 21.9. The zero-order valence-electron chi connectivity index (χ0n) is 16.2. The SMILES string of the molecule is COc1ccc(N2C(=O)CS[C@H]2c2ccc(NC(=O)c3ccccc3Cl)cc2)cc1. The maximum absolute atomic E-state index is 12.5. The van der Waals surface area contributed by atoms with Crippen molar-refractivity contribution >= 4 is 46.6 Å². The van der Waals surface area contributed by atoms with Gasteiger partial charge in [-0.3, -0.25) is 14.5 Å². The lowest BCUT2D eigenvalue weighted by Gasteiger charge is -2.24. The van der Waals surface area contributed by atoms with E-state index in [-0.39, 0.29) is 17.2 Å². The Labute approximate surface area is 184 Å². The molecule has 5 nitrogen and oxygen atoms in total. The average Bonchev–Trinajstić information content (AvgIpc) is 3.16. The van der Waals surface area contributed by atoms with Gasteiger partial charge in [0.2, 0.25) is 5.91 Å². The smallest absolute Gasteiger partial charge is 0.257 e. The van der Waals surface area contributed by atoms with Gasteiger partial charge in [-0.05, 0) is 54.1 Å². The molecule has 0 spiro atoms. The molecule has 0 unspecified atom stereocenters. The van der Waals surface area contributed by atoms with E-state index in [0.717, 1.165) is 17.0 Å². The number of hydrogen-bond acceptors (Lipinski definition) is 4. The number of carbonyl (C=O) groups excluding carboxylic acids is 2. The first kappa shape index (κ1) is 20.3. The normalized spacial score (nSPS) is 15.9. The van der Waals surface area contributed by atoms with Crippen molar-refractivity contribution in [1.29, 1.82) is 0 Å². The van der Waals surface area contributed by atoms with Gasteiger partial charge in [-0.1, -0.05) is 35.9 Å². The third-order valence-electron chi connectivity index (χ3n) is 4.79. The number of carbonyl (C=O) groups is 2. The van der Waals surface area contributed by atoms with Crippen molar-refractivity contribution in [3.05, 3.63) is 88.9 Å². The Morgan fingerprint density at radius 1 is 1.07 bits per heavy atom. The molecular weight excluding hydrogens is 420 g/mol. The molecule has 0 aliphatic carbocycles. The zero-order valence-corrected chi connectivity index (χ0v) is 17.7. The maximum Gasteiger partial charge on any atom is 0.257 e. The highest BCUT2D eigenvalue weighted by atomic mass is 35.5. The third kappa shape index (κ3) is 4.15. The molecule has 0 radical (unpaired) electrons. The minimum atomic E-state index is -0.265. The van der Waals surface area contributed by atoms with Gasteiger partial charge >= 0.3 is 0 Å². The third-order valence-corrected chi connectivity index (χ3v) is 6.33. The van der Waals surface area contributed by atoms with Gasteiger partial charge < -0.3 is 10.1 Å². The van der Waals surface area contributed by atoms with Crippen molar-refractivity contribution in [1.82, 2.24) is 0 Å². The van der Waals surface area contributed by atoms with Gasteiger partial charge in [0.15, 0.2) is 0 Å². The van der Waals surface area contributed by atoms with E-state index < -0.39 is 0 Å². The molecule has 1 atom stereocenters. The monoisotopic (exact) mass is 438 g/mol. The number of hydrogen-bond donors (Lipinski definition) is 1. The highest BCUT2D eigenvalue weighted by Crippen LogP contribution is 2.42. The second-order valence-corrected chi connectivity index (χ2v) is 8.16. The predicted octanol–water partition coefficient (Wildman–Crippen LogP) is 5.38. The Morgan fingerprint density at radius 2 is 1.77 bits per heavy atom. The first-order chi connectivity index (χ1) is 14.6. The molecule has 7 heteroatoms. The fourth-order valence-electron chi connectivity index (χ4n) is 3.27. The van der Waals surface area contributed by atoms with Crippen molar-refractivity contribution in [2.75, 3.05) is 23.1 Å². The van der Waals surface area contributed by atoms with Crippen LogP contribution in [0.5, 0.6) is 5.75 Å². The van der Waals surface area contributed by atoms with Gasteiger partial charge in [0.25, 0.3) is 5.91 Å². The lowest BCUT2D eigenvalue weighted by atomic mass is 10.1. The van der Waals surface area contributed by atoms with Crippen LogP contribution in [0.15, 0.2) is 72.8 Å². The molecule has 2 amide bonds. The van der Waals surface area contributed by atoms with Crippen LogP contribution in [0.1, 0.15) is 21.3 Å². The van der Waals surface area contributed by atoms with Crippen molar-refractivity contribution in [2.24, 2.45) is 0 Å². The van der Waals surface area contributed by atoms with Crippen LogP contribution in [0.2, 0.25) is 5.02 Å². The van der Waals surface area contributed by atoms with E-state index in [1.54, 1.807) is 48.0 Å². The van der Waals surface area contributed by atoms with Crippen molar-refractivity contribution in [3.8, 4) is 5.75 Å². The van der Waals surface area contributed by atoms with E-state index in [9.17, 15) is 9.59 Å². The largest absolute Gasteiger partial charge is 0.497 e. The molecule has 0 aromatic heterocycles. The van der Waals surface area contributed by atoms with Crippen LogP contribution in [0, 0.1) is 0 Å². The lowest BCUT2D eigenvalue weighted by Crippen LogP contribution is -2.27. The highest BCUT2D eigenvalue weighted by Gasteiger charge is 2.34. The number of nitrogens with zero attached hydrogens (tertiary/aromatic N) is 1. The van der Waals surface area contributed by atoms with Crippen molar-refractivity contribution in [3.63, 3.8) is 0 Å². The summed E-state index contributed by atoms with van der Waals surface area (Å²) in [7, 11) is 1.61. The standard InChI is InChI=1S/C23H19ClN2O3S/c1-29-18-12-10-17(11-13-18)26-21(27)14-30-23(26)15-6-8-16(9-7-15)25-22(28)19-4-2-3-5-20(19)24/h2-13,23H,14H2,1H3,(H,25,28)/t23-/m0/s1. The van der Waals surface area contributed by atoms with Gasteiger partial charge in [0.05, 0.1) is 23.4 Å². The van der Waals surface area contributed by atoms with E-state index in [2.05, 4.69) is 5.32 Å². The minimum absolute atomic E-state index is 0.0614. The van der Waals surface area contributed by atoms with E-state index in [0.29, 0.717) is 22.0 Å². The molecule has 30 heavy (non-hydrogen) atoms. The molecule has 1 saturated heterocycles. The predicted molar refractivity (Wildman–Crippen MR) is 122 cm³/mol. The van der Waals surface area contributed by atoms with E-state index in [1.165, 1.54) is 0 Å². The van der Waals surface area contributed by atoms with Gasteiger partial charge in [-0.25, -0.2) is 0 Å². The highest BCUT2D eigenvalue weighted by molar-refractivity contribution is 8.00. The second-order valence-electron chi connectivity index (χ2n) is 6.68. The van der Waals surface area contributed by atoms with Crippen LogP contribution in [-0.2, 0) is 4.79 Å². The molecular formula is C23H19ClN2O3S. The van der Waals surface area contributed by atoms with E-state index in [1.807, 2.05) is 48.5 Å². The molecule has 1 aliphatic heterocycles. The molecule has 3 aromatic rings. The molecule has 0 saturated carbocycles. The number of amides is 2. The molecule has 1 N–H and O–H groups in total. The molecule has 1 fully saturated rings. The summed E-state index contributed by atoms with van der Waals surface area (Å²) >= 11 is 7.67. The number of rotatable bonds is 5. The van der Waals surface area contributed by atoms with Crippen molar-refractivity contribution in [2.45, 2.75) is 5.37 Å². The Bertz CT molecular complexity index is 1070. The maximum atomic E-state index is 12.5. The number of thioether (sulfide) groups is 1. The first-order valence-electron chi connectivity index (χ1n) is 9.30. The summed E-state index contributed by atoms with van der Waals surface area (Å²) in [6.45, 7) is 0. The van der Waals surface area contributed by atoms with Crippen LogP contribution in [0.25, 0.3) is 0 Å². The summed E-state index contributed by atoms with van der Waals surface area (Å²) in [5.41, 5.74) is 2.89. The molecule has 1 heterocycles. The molecule has 152 valence electrons. The average molecular weight is 439 g/mol. The number of ether oxygens (including phenoxy) is 1. The Morgan fingerprint density at radius 3 is 2.43 bits per heavy atom. The zero-order chi connectivity index (χ0) is 21.1. The number of methoxy groups -OCH3 is 1. The quantitative estimate of drug-likeness (QED) is 0.581. The van der Waals surface area contributed by atoms with E-state index >= 15 is 0 Å². The fourth-order valence-corrected chi connectivity index (χ4v) is 4.67. The van der Waals surface area contributed by atoms with E-state index in [4.69, 9.17) is 16.3 Å². The Balaban J connectivity index is 1.52. The topological polar surface area (TPSA) is 58.6 Å². The van der Waals surface area contributed by atoms with Crippen LogP contribution < -0.4 is 15.0 Å². The second kappa shape index (κ2) is 8.81. The Hall–Kier alpha value is -2.96. The number of benzene rings is 3. The molecule has 0 bridgehead atoms. The van der Waals surface area contributed by atoms with Gasteiger partial charge in [0, 0.05) is 11.4 Å². The molecule has 4 rings (SSSR count). The van der Waals surface area contributed by atoms with Gasteiger partial charge in [0.1, 0.15) is 11.1 Å². The summed E-state index contributed by atoms with van der Waals surface area (Å²) < 4.78 is 5.20. The number of anilines is 2. The van der Waals surface area contributed by atoms with Gasteiger partial charge in [-0.15, -0.1) is 11.8 Å². The van der Waals surface area contributed by atoms with Crippen LogP contribution in [-0.4, -0.2) is 24.7 Å². The van der Waals surface area contributed by atoms with Crippen LogP contribution in [0.4, 0.5) is 11.4 Å². The Kier molecular flexibility index (Phi) is 5.97. The summed E-state index contributed by atoms with van der Waals surface area (Å²) in [5.74, 6) is 0.958. The molecule has 3 aromatic carbocycles. The fraction of sp³-hybridized carbons (Fsp3) is 0.130. The number of halogens is 1. The summed E-state index contributed by atoms with van der Waals surface area (Å²) in [4.78, 5) is 26.8. The summed E-state index contributed by atoms with van der Waals surface area (Å²) in [6.07, 6.45) is 0. The minimum Gasteiger partial charge on any atom is -0.497 e. The van der Waals surface area contributed by atoms with Crippen molar-refractivity contribution < 1.29 is 14.3 Å². The number of nitrogens with one attached hydrogen (secondary N) is 1. The van der Waals surface area contributed by atoms with Gasteiger partial charge in [-0.2, -0.15) is 0 Å². The van der Waals surface area contributed by atoms with Crippen LogP contribution in [0.3, 0.4) is 0 Å². The molecule has 1 aliphatic rings. The first-order valence-corrected chi connectivity index (χ1v) is 10.7.